The van der Waals surface area contributed by atoms with Crippen molar-refractivity contribution in [1.29, 1.82) is 0 Å². The molecule has 0 spiro atoms. The van der Waals surface area contributed by atoms with Crippen molar-refractivity contribution in [2.75, 3.05) is 17.7 Å². The largest absolute Gasteiger partial charge is 0.352 e. The van der Waals surface area contributed by atoms with Crippen LogP contribution >= 0.6 is 11.6 Å². The summed E-state index contributed by atoms with van der Waals surface area (Å²) in [6.07, 6.45) is 2.06. The summed E-state index contributed by atoms with van der Waals surface area (Å²) in [7, 11) is 0. The predicted octanol–water partition coefficient (Wildman–Crippen LogP) is 3.48. The second-order valence-electron chi connectivity index (χ2n) is 4.82. The van der Waals surface area contributed by atoms with Gasteiger partial charge in [0.05, 0.1) is 5.52 Å². The van der Waals surface area contributed by atoms with Gasteiger partial charge in [-0.05, 0) is 25.0 Å². The van der Waals surface area contributed by atoms with E-state index in [1.807, 2.05) is 24.3 Å². The highest BCUT2D eigenvalue weighted by Crippen LogP contribution is 2.28. The smallest absolute Gasteiger partial charge is 0.243 e. The van der Waals surface area contributed by atoms with Crippen molar-refractivity contribution in [3.05, 3.63) is 24.3 Å². The van der Waals surface area contributed by atoms with Crippen molar-refractivity contribution < 1.29 is 0 Å². The molecule has 102 valence electrons. The first-order chi connectivity index (χ1) is 9.23. The third-order valence-electron chi connectivity index (χ3n) is 3.77. The number of aromatic nitrogens is 3. The lowest BCUT2D eigenvalue weighted by Gasteiger charge is -2.29. The minimum Gasteiger partial charge on any atom is -0.352 e. The molecular weight excluding hydrogens is 260 g/mol. The summed E-state index contributed by atoms with van der Waals surface area (Å²) < 4.78 is 0. The third-order valence-corrected chi connectivity index (χ3v) is 4.33. The fourth-order valence-electron chi connectivity index (χ4n) is 1.96. The quantitative estimate of drug-likeness (QED) is 0.822. The number of alkyl halides is 1. The van der Waals surface area contributed by atoms with Crippen LogP contribution in [0.15, 0.2) is 24.3 Å². The van der Waals surface area contributed by atoms with Crippen LogP contribution in [0.4, 0.5) is 5.95 Å². The molecule has 0 atom stereocenters. The molecule has 1 aromatic heterocycles. The summed E-state index contributed by atoms with van der Waals surface area (Å²) in [4.78, 5) is 4.45. The van der Waals surface area contributed by atoms with Gasteiger partial charge in [0.2, 0.25) is 5.95 Å². The molecule has 4 nitrogen and oxygen atoms in total. The summed E-state index contributed by atoms with van der Waals surface area (Å²) in [5, 5.41) is 11.5. The molecule has 2 rings (SSSR count). The maximum absolute atomic E-state index is 6.09. The molecule has 5 heteroatoms. The standard InChI is InChI=1S/C14H19ClN4/c1-3-14(4-2,9-15)10-16-13-17-11-7-5-6-8-12(11)18-19-13/h5-8H,3-4,9-10H2,1-2H3,(H,16,17,19). The van der Waals surface area contributed by atoms with Gasteiger partial charge in [-0.3, -0.25) is 0 Å². The van der Waals surface area contributed by atoms with Crippen LogP contribution in [-0.2, 0) is 0 Å². The van der Waals surface area contributed by atoms with Gasteiger partial charge in [-0.25, -0.2) is 4.98 Å². The number of nitrogens with one attached hydrogen (secondary N) is 1. The third kappa shape index (κ3) is 3.13. The van der Waals surface area contributed by atoms with E-state index in [0.717, 1.165) is 30.4 Å². The topological polar surface area (TPSA) is 50.7 Å². The Morgan fingerprint density at radius 1 is 1.11 bits per heavy atom. The highest BCUT2D eigenvalue weighted by molar-refractivity contribution is 6.18. The SMILES string of the molecule is CCC(CC)(CCl)CNc1nnc2ccccc2n1. The molecule has 0 saturated carbocycles. The lowest BCUT2D eigenvalue weighted by molar-refractivity contribution is 0.326. The molecule has 1 heterocycles. The molecule has 0 unspecified atom stereocenters. The number of halogens is 1. The Bertz CT molecular complexity index is 531. The van der Waals surface area contributed by atoms with E-state index in [-0.39, 0.29) is 5.41 Å². The van der Waals surface area contributed by atoms with Crippen LogP contribution in [0.2, 0.25) is 0 Å². The molecule has 0 fully saturated rings. The highest BCUT2D eigenvalue weighted by atomic mass is 35.5. The Hall–Kier alpha value is -1.42. The Labute approximate surface area is 118 Å². The molecule has 0 saturated heterocycles. The maximum atomic E-state index is 6.09. The van der Waals surface area contributed by atoms with E-state index in [9.17, 15) is 0 Å². The summed E-state index contributed by atoms with van der Waals surface area (Å²) in [6, 6.07) is 7.71. The Morgan fingerprint density at radius 3 is 2.42 bits per heavy atom. The van der Waals surface area contributed by atoms with E-state index in [4.69, 9.17) is 11.6 Å². The summed E-state index contributed by atoms with van der Waals surface area (Å²) >= 11 is 6.09. The molecule has 1 aromatic carbocycles. The van der Waals surface area contributed by atoms with Gasteiger partial charge in [-0.2, -0.15) is 0 Å². The molecule has 0 aliphatic heterocycles. The van der Waals surface area contributed by atoms with E-state index in [1.54, 1.807) is 0 Å². The van der Waals surface area contributed by atoms with Crippen LogP contribution < -0.4 is 5.32 Å². The van der Waals surface area contributed by atoms with Crippen LogP contribution in [0.25, 0.3) is 11.0 Å². The predicted molar refractivity (Wildman–Crippen MR) is 79.6 cm³/mol. The molecule has 19 heavy (non-hydrogen) atoms. The molecule has 0 aliphatic carbocycles. The van der Waals surface area contributed by atoms with Gasteiger partial charge in [-0.15, -0.1) is 21.8 Å². The molecule has 0 bridgehead atoms. The van der Waals surface area contributed by atoms with Gasteiger partial charge in [0.25, 0.3) is 0 Å². The van der Waals surface area contributed by atoms with Crippen molar-refractivity contribution >= 4 is 28.6 Å². The molecule has 0 radical (unpaired) electrons. The van der Waals surface area contributed by atoms with E-state index in [0.29, 0.717) is 11.8 Å². The molecule has 0 amide bonds. The van der Waals surface area contributed by atoms with Crippen molar-refractivity contribution in [2.24, 2.45) is 5.41 Å². The van der Waals surface area contributed by atoms with Crippen LogP contribution in [0, 0.1) is 5.41 Å². The van der Waals surface area contributed by atoms with Crippen molar-refractivity contribution in [2.45, 2.75) is 26.7 Å². The highest BCUT2D eigenvalue weighted by Gasteiger charge is 2.25. The van der Waals surface area contributed by atoms with Gasteiger partial charge in [0.1, 0.15) is 5.52 Å². The van der Waals surface area contributed by atoms with E-state index >= 15 is 0 Å². The Balaban J connectivity index is 2.13. The zero-order valence-corrected chi connectivity index (χ0v) is 12.1. The lowest BCUT2D eigenvalue weighted by atomic mass is 9.84. The van der Waals surface area contributed by atoms with Gasteiger partial charge in [0, 0.05) is 17.8 Å². The van der Waals surface area contributed by atoms with Gasteiger partial charge < -0.3 is 5.32 Å². The molecule has 1 N–H and O–H groups in total. The summed E-state index contributed by atoms with van der Waals surface area (Å²) in [6.45, 7) is 5.09. The fraction of sp³-hybridized carbons (Fsp3) is 0.500. The average Bonchev–Trinajstić information content (AvgIpc) is 2.49. The number of fused-ring (bicyclic) bond motifs is 1. The van der Waals surface area contributed by atoms with Crippen molar-refractivity contribution in [3.63, 3.8) is 0 Å². The second kappa shape index (κ2) is 6.15. The van der Waals surface area contributed by atoms with Crippen LogP contribution in [0.5, 0.6) is 0 Å². The van der Waals surface area contributed by atoms with Crippen LogP contribution in [-0.4, -0.2) is 27.6 Å². The zero-order chi connectivity index (χ0) is 13.7. The Morgan fingerprint density at radius 2 is 1.79 bits per heavy atom. The normalized spacial score (nSPS) is 11.7. The average molecular weight is 279 g/mol. The van der Waals surface area contributed by atoms with E-state index < -0.39 is 0 Å². The summed E-state index contributed by atoms with van der Waals surface area (Å²) in [5.41, 5.74) is 1.75. The van der Waals surface area contributed by atoms with Gasteiger partial charge in [0.15, 0.2) is 0 Å². The number of para-hydroxylation sites is 1. The summed E-state index contributed by atoms with van der Waals surface area (Å²) in [5.74, 6) is 1.20. The van der Waals surface area contributed by atoms with E-state index in [1.165, 1.54) is 0 Å². The first-order valence-electron chi connectivity index (χ1n) is 6.62. The minimum absolute atomic E-state index is 0.0938. The second-order valence-corrected chi connectivity index (χ2v) is 5.09. The number of rotatable bonds is 6. The molecule has 0 aliphatic rings. The monoisotopic (exact) mass is 278 g/mol. The van der Waals surface area contributed by atoms with Crippen molar-refractivity contribution in [3.8, 4) is 0 Å². The van der Waals surface area contributed by atoms with Gasteiger partial charge >= 0.3 is 0 Å². The molecule has 2 aromatic rings. The Kier molecular flexibility index (Phi) is 4.53. The first-order valence-corrected chi connectivity index (χ1v) is 7.16. The zero-order valence-electron chi connectivity index (χ0n) is 11.4. The minimum atomic E-state index is 0.0938. The van der Waals surface area contributed by atoms with Crippen LogP contribution in [0.3, 0.4) is 0 Å². The van der Waals surface area contributed by atoms with Gasteiger partial charge in [-0.1, -0.05) is 26.0 Å². The van der Waals surface area contributed by atoms with Crippen LogP contribution in [0.1, 0.15) is 26.7 Å². The fourth-order valence-corrected chi connectivity index (χ4v) is 2.43. The van der Waals surface area contributed by atoms with Crippen molar-refractivity contribution in [1.82, 2.24) is 15.2 Å². The maximum Gasteiger partial charge on any atom is 0.243 e. The number of hydrogen-bond donors (Lipinski definition) is 1. The first kappa shape index (κ1) is 14.0. The number of benzene rings is 1. The molecular formula is C14H19ClN4. The van der Waals surface area contributed by atoms with E-state index in [2.05, 4.69) is 34.3 Å². The number of anilines is 1. The lowest BCUT2D eigenvalue weighted by Crippen LogP contribution is -2.31. The number of nitrogens with zero attached hydrogens (tertiary/aromatic N) is 3. The number of hydrogen-bond acceptors (Lipinski definition) is 4.